The van der Waals surface area contributed by atoms with E-state index in [1.54, 1.807) is 0 Å². The van der Waals surface area contributed by atoms with Gasteiger partial charge in [-0.2, -0.15) is 0 Å². The van der Waals surface area contributed by atoms with Crippen LogP contribution >= 0.6 is 0 Å². The lowest BCUT2D eigenvalue weighted by atomic mass is 10.2. The molecule has 0 saturated heterocycles. The van der Waals surface area contributed by atoms with Gasteiger partial charge in [-0.15, -0.1) is 0 Å². The fourth-order valence-electron chi connectivity index (χ4n) is 1.96. The molecule has 11 heteroatoms. The number of aromatic hydroxyl groups is 1. The lowest BCUT2D eigenvalue weighted by Gasteiger charge is -2.13. The van der Waals surface area contributed by atoms with Crippen molar-refractivity contribution in [1.82, 2.24) is 14.4 Å². The molecule has 0 radical (unpaired) electrons. The summed E-state index contributed by atoms with van der Waals surface area (Å²) in [6.45, 7) is 0. The smallest absolute Gasteiger partial charge is 0.244 e. The topological polar surface area (TPSA) is 135 Å². The molecule has 2 aromatic rings. The first-order valence-corrected chi connectivity index (χ1v) is 9.22. The first-order valence-electron chi connectivity index (χ1n) is 6.25. The van der Waals surface area contributed by atoms with Crippen molar-refractivity contribution < 1.29 is 26.7 Å². The van der Waals surface area contributed by atoms with Gasteiger partial charge < -0.3 is 9.84 Å². The second kappa shape index (κ2) is 5.92. The number of fused-ring (bicyclic) bond motifs is 1. The number of rotatable bonds is 5. The number of benzene rings is 1. The SMILES string of the molecule is CNS(=O)(=O)c1cc(S(=O)(=O)NC)c2ccc(OC)nc2c1O. The van der Waals surface area contributed by atoms with Crippen LogP contribution in [-0.2, 0) is 20.0 Å². The zero-order valence-electron chi connectivity index (χ0n) is 12.5. The molecule has 0 unspecified atom stereocenters. The molecule has 0 spiro atoms. The summed E-state index contributed by atoms with van der Waals surface area (Å²) in [5, 5.41) is 10.3. The van der Waals surface area contributed by atoms with E-state index in [9.17, 15) is 21.9 Å². The van der Waals surface area contributed by atoms with Crippen LogP contribution in [0.2, 0.25) is 0 Å². The number of pyridine rings is 1. The van der Waals surface area contributed by atoms with Crippen LogP contribution in [0.4, 0.5) is 0 Å². The Balaban J connectivity index is 3.04. The molecule has 0 aliphatic heterocycles. The van der Waals surface area contributed by atoms with E-state index in [1.807, 2.05) is 4.72 Å². The van der Waals surface area contributed by atoms with E-state index in [2.05, 4.69) is 9.71 Å². The van der Waals surface area contributed by atoms with Crippen LogP contribution in [-0.4, -0.2) is 48.1 Å². The summed E-state index contributed by atoms with van der Waals surface area (Å²) in [6, 6.07) is 3.66. The lowest BCUT2D eigenvalue weighted by molar-refractivity contribution is 0.398. The van der Waals surface area contributed by atoms with E-state index < -0.39 is 30.7 Å². The van der Waals surface area contributed by atoms with Gasteiger partial charge >= 0.3 is 0 Å². The number of aromatic nitrogens is 1. The minimum absolute atomic E-state index is 0.0627. The van der Waals surface area contributed by atoms with Crippen molar-refractivity contribution in [3.63, 3.8) is 0 Å². The van der Waals surface area contributed by atoms with E-state index >= 15 is 0 Å². The number of phenolic OH excluding ortho intramolecular Hbond substituents is 1. The van der Waals surface area contributed by atoms with E-state index in [0.29, 0.717) is 0 Å². The molecular weight excluding hydrogens is 346 g/mol. The Morgan fingerprint density at radius 1 is 1.04 bits per heavy atom. The number of methoxy groups -OCH3 is 1. The molecule has 23 heavy (non-hydrogen) atoms. The maximum absolute atomic E-state index is 12.2. The third kappa shape index (κ3) is 2.95. The van der Waals surface area contributed by atoms with E-state index in [-0.39, 0.29) is 21.7 Å². The van der Waals surface area contributed by atoms with Crippen LogP contribution in [0.5, 0.6) is 11.6 Å². The Bertz CT molecular complexity index is 970. The van der Waals surface area contributed by atoms with Crippen LogP contribution in [0, 0.1) is 0 Å². The molecule has 1 aromatic carbocycles. The summed E-state index contributed by atoms with van der Waals surface area (Å²) >= 11 is 0. The van der Waals surface area contributed by atoms with Gasteiger partial charge in [-0.3, -0.25) is 0 Å². The average molecular weight is 361 g/mol. The van der Waals surface area contributed by atoms with Crippen molar-refractivity contribution in [2.24, 2.45) is 0 Å². The molecule has 1 aromatic heterocycles. The van der Waals surface area contributed by atoms with Crippen LogP contribution < -0.4 is 14.2 Å². The predicted octanol–water partition coefficient (Wildman–Crippen LogP) is -0.235. The summed E-state index contributed by atoms with van der Waals surface area (Å²) in [5.41, 5.74) is -0.200. The zero-order chi connectivity index (χ0) is 17.4. The molecule has 2 rings (SSSR count). The third-order valence-corrected chi connectivity index (χ3v) is 6.06. The molecular formula is C12H15N3O6S2. The highest BCUT2D eigenvalue weighted by atomic mass is 32.2. The number of hydrogen-bond acceptors (Lipinski definition) is 7. The third-order valence-electron chi connectivity index (χ3n) is 3.18. The first kappa shape index (κ1) is 17.4. The van der Waals surface area contributed by atoms with E-state index in [1.165, 1.54) is 26.3 Å². The number of phenols is 1. The van der Waals surface area contributed by atoms with Gasteiger partial charge in [0.25, 0.3) is 0 Å². The van der Waals surface area contributed by atoms with Gasteiger partial charge in [-0.25, -0.2) is 31.3 Å². The minimum Gasteiger partial charge on any atom is -0.504 e. The minimum atomic E-state index is -4.10. The molecule has 0 atom stereocenters. The number of nitrogens with one attached hydrogen (secondary N) is 2. The Morgan fingerprint density at radius 3 is 2.13 bits per heavy atom. The van der Waals surface area contributed by atoms with Gasteiger partial charge in [0.2, 0.25) is 25.9 Å². The molecule has 0 aliphatic rings. The molecule has 3 N–H and O–H groups in total. The van der Waals surface area contributed by atoms with Gasteiger partial charge in [0, 0.05) is 11.5 Å². The van der Waals surface area contributed by atoms with Crippen molar-refractivity contribution in [3.05, 3.63) is 18.2 Å². The van der Waals surface area contributed by atoms with Gasteiger partial charge in [0.15, 0.2) is 5.75 Å². The normalized spacial score (nSPS) is 12.5. The van der Waals surface area contributed by atoms with Gasteiger partial charge in [-0.05, 0) is 26.2 Å². The van der Waals surface area contributed by atoms with Crippen LogP contribution in [0.3, 0.4) is 0 Å². The van der Waals surface area contributed by atoms with Crippen molar-refractivity contribution in [1.29, 1.82) is 0 Å². The maximum Gasteiger partial charge on any atom is 0.244 e. The Hall–Kier alpha value is -1.95. The Labute approximate surface area is 133 Å². The number of ether oxygens (including phenoxy) is 1. The average Bonchev–Trinajstić information content (AvgIpc) is 2.54. The summed E-state index contributed by atoms with van der Waals surface area (Å²) in [7, 11) is -4.42. The monoisotopic (exact) mass is 361 g/mol. The summed E-state index contributed by atoms with van der Waals surface area (Å²) in [6.07, 6.45) is 0. The van der Waals surface area contributed by atoms with E-state index in [0.717, 1.165) is 13.1 Å². The first-order chi connectivity index (χ1) is 10.7. The predicted molar refractivity (Wildman–Crippen MR) is 82.5 cm³/mol. The summed E-state index contributed by atoms with van der Waals surface area (Å²) in [4.78, 5) is 3.04. The fraction of sp³-hybridized carbons (Fsp3) is 0.250. The molecule has 0 aliphatic carbocycles. The van der Waals surface area contributed by atoms with Crippen molar-refractivity contribution in [2.45, 2.75) is 9.79 Å². The van der Waals surface area contributed by atoms with Crippen LogP contribution in [0.25, 0.3) is 10.9 Å². The number of nitrogens with zero attached hydrogens (tertiary/aromatic N) is 1. The molecule has 9 nitrogen and oxygen atoms in total. The van der Waals surface area contributed by atoms with Gasteiger partial charge in [0.05, 0.1) is 12.0 Å². The number of hydrogen-bond donors (Lipinski definition) is 3. The maximum atomic E-state index is 12.2. The van der Waals surface area contributed by atoms with Crippen molar-refractivity contribution >= 4 is 30.9 Å². The highest BCUT2D eigenvalue weighted by Gasteiger charge is 2.26. The van der Waals surface area contributed by atoms with Crippen molar-refractivity contribution in [2.75, 3.05) is 21.2 Å². The highest BCUT2D eigenvalue weighted by Crippen LogP contribution is 2.36. The van der Waals surface area contributed by atoms with Crippen LogP contribution in [0.1, 0.15) is 0 Å². The van der Waals surface area contributed by atoms with Gasteiger partial charge in [-0.1, -0.05) is 0 Å². The lowest BCUT2D eigenvalue weighted by Crippen LogP contribution is -2.22. The Kier molecular flexibility index (Phi) is 4.48. The van der Waals surface area contributed by atoms with Crippen molar-refractivity contribution in [3.8, 4) is 11.6 Å². The zero-order valence-corrected chi connectivity index (χ0v) is 14.1. The van der Waals surface area contributed by atoms with Crippen LogP contribution in [0.15, 0.2) is 28.0 Å². The largest absolute Gasteiger partial charge is 0.504 e. The summed E-state index contributed by atoms with van der Waals surface area (Å²) in [5.74, 6) is -0.567. The molecule has 0 amide bonds. The second-order valence-electron chi connectivity index (χ2n) is 4.39. The molecule has 0 saturated carbocycles. The van der Waals surface area contributed by atoms with Gasteiger partial charge in [0.1, 0.15) is 10.4 Å². The van der Waals surface area contributed by atoms with E-state index in [4.69, 9.17) is 4.74 Å². The second-order valence-corrected chi connectivity index (χ2v) is 8.10. The molecule has 0 fully saturated rings. The summed E-state index contributed by atoms with van der Waals surface area (Å²) < 4.78 is 57.5. The fourth-order valence-corrected chi connectivity index (χ4v) is 3.83. The molecule has 1 heterocycles. The Morgan fingerprint density at radius 2 is 1.61 bits per heavy atom. The quantitative estimate of drug-likeness (QED) is 0.669. The highest BCUT2D eigenvalue weighted by molar-refractivity contribution is 7.90. The molecule has 126 valence electrons. The number of sulfonamides is 2. The molecule has 0 bridgehead atoms. The standard InChI is InChI=1S/C12H15N3O6S2/c1-13-22(17,18)8-6-9(23(19,20)14-2)12(16)11-7(8)4-5-10(15-11)21-3/h4-6,13-14,16H,1-3H3.